The van der Waals surface area contributed by atoms with Crippen molar-refractivity contribution in [2.24, 2.45) is 0 Å². The van der Waals surface area contributed by atoms with E-state index >= 15 is 0 Å². The third-order valence-electron chi connectivity index (χ3n) is 3.01. The molecule has 0 amide bonds. The molecule has 0 aliphatic rings. The molecule has 3 nitrogen and oxygen atoms in total. The molecule has 0 heterocycles. The van der Waals surface area contributed by atoms with Gasteiger partial charge in [0.15, 0.2) is 0 Å². The molecule has 1 aromatic carbocycles. The molecule has 1 unspecified atom stereocenters. The first-order chi connectivity index (χ1) is 8.74. The number of benzene rings is 1. The van der Waals surface area contributed by atoms with Gasteiger partial charge in [-0.3, -0.25) is 0 Å². The fourth-order valence-corrected chi connectivity index (χ4v) is 3.85. The van der Waals surface area contributed by atoms with Crippen LogP contribution in [0.5, 0.6) is 0 Å². The van der Waals surface area contributed by atoms with Crippen LogP contribution >= 0.6 is 34.8 Å². The highest BCUT2D eigenvalue weighted by molar-refractivity contribution is 7.89. The molecule has 1 atom stereocenters. The fourth-order valence-electron chi connectivity index (χ4n) is 1.54. The molecule has 0 radical (unpaired) electrons. The van der Waals surface area contributed by atoms with Gasteiger partial charge in [-0.1, -0.05) is 30.1 Å². The number of halogens is 3. The van der Waals surface area contributed by atoms with Crippen LogP contribution in [0.25, 0.3) is 0 Å². The Morgan fingerprint density at radius 2 is 1.89 bits per heavy atom. The Morgan fingerprint density at radius 1 is 1.26 bits per heavy atom. The fraction of sp³-hybridized carbons (Fsp3) is 0.500. The van der Waals surface area contributed by atoms with Gasteiger partial charge in [0.25, 0.3) is 0 Å². The van der Waals surface area contributed by atoms with Crippen LogP contribution in [0.4, 0.5) is 0 Å². The molecule has 0 saturated heterocycles. The van der Waals surface area contributed by atoms with E-state index in [9.17, 15) is 8.42 Å². The highest BCUT2D eigenvalue weighted by Crippen LogP contribution is 2.26. The second-order valence-electron chi connectivity index (χ2n) is 4.53. The quantitative estimate of drug-likeness (QED) is 0.791. The summed E-state index contributed by atoms with van der Waals surface area (Å²) in [6.07, 6.45) is 1.19. The van der Waals surface area contributed by atoms with Crippen LogP contribution in [0.15, 0.2) is 23.1 Å². The largest absolute Gasteiger partial charge is 0.241 e. The zero-order valence-corrected chi connectivity index (χ0v) is 13.8. The predicted octanol–water partition coefficient (Wildman–Crippen LogP) is 4.07. The molecule has 0 fully saturated rings. The van der Waals surface area contributed by atoms with E-state index in [0.29, 0.717) is 23.7 Å². The van der Waals surface area contributed by atoms with Crippen LogP contribution in [-0.2, 0) is 10.0 Å². The zero-order chi connectivity index (χ0) is 14.7. The normalized spacial score (nSPS) is 15.2. The van der Waals surface area contributed by atoms with Crippen LogP contribution in [0.2, 0.25) is 10.0 Å². The van der Waals surface area contributed by atoms with Crippen molar-refractivity contribution < 1.29 is 8.42 Å². The van der Waals surface area contributed by atoms with Gasteiger partial charge in [0.2, 0.25) is 10.0 Å². The summed E-state index contributed by atoms with van der Waals surface area (Å²) in [5.74, 6) is 0.383. The number of sulfonamides is 1. The second kappa shape index (κ2) is 6.64. The van der Waals surface area contributed by atoms with Gasteiger partial charge in [0.05, 0.1) is 14.9 Å². The van der Waals surface area contributed by atoms with Crippen LogP contribution in [0, 0.1) is 0 Å². The van der Waals surface area contributed by atoms with Gasteiger partial charge in [-0.25, -0.2) is 13.1 Å². The van der Waals surface area contributed by atoms with Gasteiger partial charge in [-0.05, 0) is 38.0 Å². The van der Waals surface area contributed by atoms with Gasteiger partial charge in [-0.2, -0.15) is 0 Å². The molecule has 0 aliphatic carbocycles. The summed E-state index contributed by atoms with van der Waals surface area (Å²) in [7, 11) is -3.64. The highest BCUT2D eigenvalue weighted by Gasteiger charge is 2.28. The minimum atomic E-state index is -3.64. The van der Waals surface area contributed by atoms with Gasteiger partial charge in [-0.15, -0.1) is 11.6 Å². The summed E-state index contributed by atoms with van der Waals surface area (Å²) in [4.78, 5) is 0.0937. The van der Waals surface area contributed by atoms with Gasteiger partial charge in [0, 0.05) is 11.4 Å². The Morgan fingerprint density at radius 3 is 2.37 bits per heavy atom. The number of hydrogen-bond acceptors (Lipinski definition) is 2. The Bertz CT molecular complexity index is 548. The molecule has 0 spiro atoms. The van der Waals surface area contributed by atoms with E-state index in [1.807, 2.05) is 13.8 Å². The van der Waals surface area contributed by atoms with Crippen LogP contribution in [-0.4, -0.2) is 19.8 Å². The molecule has 108 valence electrons. The van der Waals surface area contributed by atoms with Crippen molar-refractivity contribution in [3.8, 4) is 0 Å². The Kier molecular flexibility index (Phi) is 5.96. The first-order valence-electron chi connectivity index (χ1n) is 5.79. The van der Waals surface area contributed by atoms with Gasteiger partial charge in [0.1, 0.15) is 0 Å². The molecule has 1 N–H and O–H groups in total. The van der Waals surface area contributed by atoms with Crippen molar-refractivity contribution in [1.82, 2.24) is 4.72 Å². The van der Waals surface area contributed by atoms with Gasteiger partial charge >= 0.3 is 0 Å². The predicted molar refractivity (Wildman–Crippen MR) is 80.8 cm³/mol. The Balaban J connectivity index is 3.07. The van der Waals surface area contributed by atoms with Crippen LogP contribution in [0.1, 0.15) is 26.7 Å². The molecule has 19 heavy (non-hydrogen) atoms. The van der Waals surface area contributed by atoms with E-state index in [1.165, 1.54) is 18.2 Å². The lowest BCUT2D eigenvalue weighted by molar-refractivity contribution is 0.390. The number of alkyl halides is 1. The third kappa shape index (κ3) is 4.50. The lowest BCUT2D eigenvalue weighted by Crippen LogP contribution is -2.45. The summed E-state index contributed by atoms with van der Waals surface area (Å²) in [6.45, 7) is 3.73. The molecular weight excluding hydrogens is 329 g/mol. The molecule has 0 aromatic heterocycles. The minimum absolute atomic E-state index is 0.0937. The van der Waals surface area contributed by atoms with Crippen LogP contribution < -0.4 is 4.72 Å². The standard InChI is InChI=1S/C12H16Cl3NO2S/c1-3-12(2,6-7-13)16-19(17,18)9-4-5-10(14)11(15)8-9/h4-5,8,16H,3,6-7H2,1-2H3. The zero-order valence-electron chi connectivity index (χ0n) is 10.7. The van der Waals surface area contributed by atoms with E-state index < -0.39 is 15.6 Å². The maximum atomic E-state index is 12.3. The van der Waals surface area contributed by atoms with Crippen molar-refractivity contribution >= 4 is 44.8 Å². The maximum absolute atomic E-state index is 12.3. The summed E-state index contributed by atoms with van der Waals surface area (Å²) in [6, 6.07) is 4.22. The molecule has 1 aromatic rings. The number of nitrogens with one attached hydrogen (secondary N) is 1. The topological polar surface area (TPSA) is 46.2 Å². The van der Waals surface area contributed by atoms with Crippen LogP contribution in [0.3, 0.4) is 0 Å². The third-order valence-corrected chi connectivity index (χ3v) is 5.57. The minimum Gasteiger partial charge on any atom is -0.207 e. The van der Waals surface area contributed by atoms with E-state index in [1.54, 1.807) is 0 Å². The molecule has 0 bridgehead atoms. The summed E-state index contributed by atoms with van der Waals surface area (Å²) >= 11 is 17.3. The number of rotatable bonds is 6. The average Bonchev–Trinajstić information content (AvgIpc) is 2.32. The molecule has 0 aliphatic heterocycles. The molecule has 7 heteroatoms. The highest BCUT2D eigenvalue weighted by atomic mass is 35.5. The lowest BCUT2D eigenvalue weighted by atomic mass is 9.97. The Hall–Kier alpha value is -0.000000000000000111. The summed E-state index contributed by atoms with van der Waals surface area (Å²) in [5, 5.41) is 0.528. The monoisotopic (exact) mass is 343 g/mol. The van der Waals surface area contributed by atoms with Crippen molar-refractivity contribution in [1.29, 1.82) is 0 Å². The van der Waals surface area contributed by atoms with Crippen molar-refractivity contribution in [3.63, 3.8) is 0 Å². The Labute approximate surface area is 129 Å². The summed E-state index contributed by atoms with van der Waals surface area (Å²) in [5.41, 5.74) is -0.577. The molecule has 0 saturated carbocycles. The van der Waals surface area contributed by atoms with Crippen molar-refractivity contribution in [3.05, 3.63) is 28.2 Å². The van der Waals surface area contributed by atoms with E-state index in [2.05, 4.69) is 4.72 Å². The summed E-state index contributed by atoms with van der Waals surface area (Å²) < 4.78 is 27.2. The molecule has 1 rings (SSSR count). The van der Waals surface area contributed by atoms with Crippen molar-refractivity contribution in [2.75, 3.05) is 5.88 Å². The smallest absolute Gasteiger partial charge is 0.207 e. The van der Waals surface area contributed by atoms with Crippen molar-refractivity contribution in [2.45, 2.75) is 37.1 Å². The SMILES string of the molecule is CCC(C)(CCCl)NS(=O)(=O)c1ccc(Cl)c(Cl)c1. The van der Waals surface area contributed by atoms with E-state index in [-0.39, 0.29) is 9.92 Å². The lowest BCUT2D eigenvalue weighted by Gasteiger charge is -2.28. The second-order valence-corrected chi connectivity index (χ2v) is 7.41. The maximum Gasteiger partial charge on any atom is 0.241 e. The molecular formula is C12H16Cl3NO2S. The van der Waals surface area contributed by atoms with E-state index in [4.69, 9.17) is 34.8 Å². The number of hydrogen-bond donors (Lipinski definition) is 1. The van der Waals surface area contributed by atoms with E-state index in [0.717, 1.165) is 0 Å². The van der Waals surface area contributed by atoms with Gasteiger partial charge < -0.3 is 0 Å². The first-order valence-corrected chi connectivity index (χ1v) is 8.56. The first kappa shape index (κ1) is 17.1. The average molecular weight is 345 g/mol.